The molecule has 0 atom stereocenters. The summed E-state index contributed by atoms with van der Waals surface area (Å²) >= 11 is -0.548. The van der Waals surface area contributed by atoms with Crippen molar-refractivity contribution in [1.29, 1.82) is 0 Å². The Bertz CT molecular complexity index is 943. The monoisotopic (exact) mass is 540 g/mol. The van der Waals surface area contributed by atoms with E-state index >= 15 is 0 Å². The quantitative estimate of drug-likeness (QED) is 0.385. The standard InChI is InChI=1S/C20H24N2O.Au.ClH/c1-14(2)17-9-7-10-18(15(3)4)20(17)21-12-16-8-6-11-19(23-5)22(16)13-21;;/h6-12,14-15H,1-5H3;;1H/q;+1;/p-1. The van der Waals surface area contributed by atoms with E-state index in [-0.39, 0.29) is 0 Å². The Hall–Kier alpha value is -1.26. The zero-order valence-corrected chi connectivity index (χ0v) is 18.1. The molecule has 0 radical (unpaired) electrons. The van der Waals surface area contributed by atoms with Crippen molar-refractivity contribution >= 4 is 14.7 Å². The molecule has 0 aliphatic rings. The van der Waals surface area contributed by atoms with Crippen molar-refractivity contribution in [2.75, 3.05) is 7.11 Å². The molecule has 5 heteroatoms. The van der Waals surface area contributed by atoms with Crippen molar-refractivity contribution in [2.24, 2.45) is 0 Å². The van der Waals surface area contributed by atoms with Gasteiger partial charge in [-0.15, -0.1) is 0 Å². The Morgan fingerprint density at radius 3 is 2.08 bits per heavy atom. The van der Waals surface area contributed by atoms with E-state index in [2.05, 4.69) is 67.1 Å². The Kier molecular flexibility index (Phi) is 5.59. The molecule has 3 nitrogen and oxygen atoms in total. The van der Waals surface area contributed by atoms with E-state index in [1.165, 1.54) is 16.8 Å². The molecule has 0 unspecified atom stereocenters. The van der Waals surface area contributed by atoms with Gasteiger partial charge < -0.3 is 0 Å². The van der Waals surface area contributed by atoms with Crippen LogP contribution in [0, 0.1) is 3.63 Å². The molecule has 0 amide bonds. The van der Waals surface area contributed by atoms with Gasteiger partial charge in [-0.25, -0.2) is 0 Å². The van der Waals surface area contributed by atoms with E-state index < -0.39 is 18.2 Å². The molecular formula is C20H24AuClN2O. The summed E-state index contributed by atoms with van der Waals surface area (Å²) in [6.07, 6.45) is 2.18. The number of rotatable bonds is 4. The Morgan fingerprint density at radius 1 is 0.960 bits per heavy atom. The normalized spacial score (nSPS) is 13.2. The summed E-state index contributed by atoms with van der Waals surface area (Å²) < 4.78 is 11.1. The van der Waals surface area contributed by atoms with Gasteiger partial charge in [0.1, 0.15) is 0 Å². The first kappa shape index (κ1) is 18.5. The molecule has 1 aromatic carbocycles. The van der Waals surface area contributed by atoms with Gasteiger partial charge >= 0.3 is 162 Å². The number of halogens is 1. The number of fused-ring (bicyclic) bond motifs is 1. The summed E-state index contributed by atoms with van der Waals surface area (Å²) in [4.78, 5) is 0. The van der Waals surface area contributed by atoms with Gasteiger partial charge in [0.15, 0.2) is 0 Å². The van der Waals surface area contributed by atoms with Crippen molar-refractivity contribution in [2.45, 2.75) is 39.5 Å². The topological polar surface area (TPSA) is 18.6 Å². The minimum atomic E-state index is -0.548. The number of methoxy groups -OCH3 is 1. The van der Waals surface area contributed by atoms with Crippen molar-refractivity contribution in [1.82, 2.24) is 8.97 Å². The summed E-state index contributed by atoms with van der Waals surface area (Å²) in [5, 5.41) is 0. The van der Waals surface area contributed by atoms with Crippen LogP contribution in [0.5, 0.6) is 5.88 Å². The van der Waals surface area contributed by atoms with Crippen molar-refractivity contribution in [3.8, 4) is 11.6 Å². The molecule has 0 saturated heterocycles. The van der Waals surface area contributed by atoms with Crippen LogP contribution in [0.3, 0.4) is 0 Å². The van der Waals surface area contributed by atoms with Gasteiger partial charge in [0.25, 0.3) is 0 Å². The summed E-state index contributed by atoms with van der Waals surface area (Å²) in [5.74, 6) is 1.69. The number of hydrogen-bond acceptors (Lipinski definition) is 1. The van der Waals surface area contributed by atoms with Crippen LogP contribution in [0.1, 0.15) is 50.7 Å². The maximum atomic E-state index is 6.50. The Morgan fingerprint density at radius 2 is 1.56 bits per heavy atom. The van der Waals surface area contributed by atoms with E-state index in [1.54, 1.807) is 7.11 Å². The van der Waals surface area contributed by atoms with Gasteiger partial charge in [-0.05, 0) is 0 Å². The molecule has 138 valence electrons. The van der Waals surface area contributed by atoms with E-state index in [0.29, 0.717) is 11.8 Å². The fourth-order valence-corrected chi connectivity index (χ4v) is 5.37. The first-order chi connectivity index (χ1) is 12.0. The van der Waals surface area contributed by atoms with Gasteiger partial charge in [-0.3, -0.25) is 0 Å². The minimum absolute atomic E-state index is 0.436. The third-order valence-corrected chi connectivity index (χ3v) is 6.64. The Balaban J connectivity index is 2.46. The third-order valence-electron chi connectivity index (χ3n) is 4.44. The zero-order chi connectivity index (χ0) is 18.1. The molecule has 0 spiro atoms. The van der Waals surface area contributed by atoms with Crippen LogP contribution < -0.4 is 4.74 Å². The van der Waals surface area contributed by atoms with Crippen molar-refractivity contribution in [3.63, 3.8) is 0 Å². The summed E-state index contributed by atoms with van der Waals surface area (Å²) in [6.45, 7) is 8.98. The average molecular weight is 541 g/mol. The van der Waals surface area contributed by atoms with Crippen LogP contribution in [-0.2, 0) is 18.2 Å². The van der Waals surface area contributed by atoms with Gasteiger partial charge in [0.2, 0.25) is 0 Å². The van der Waals surface area contributed by atoms with Crippen LogP contribution in [-0.4, -0.2) is 16.1 Å². The molecule has 0 N–H and O–H groups in total. The zero-order valence-electron chi connectivity index (χ0n) is 15.2. The number of imidazole rings is 1. The molecular weight excluding hydrogens is 517 g/mol. The predicted octanol–water partition coefficient (Wildman–Crippen LogP) is 5.75. The van der Waals surface area contributed by atoms with Gasteiger partial charge in [0.05, 0.1) is 0 Å². The molecule has 0 fully saturated rings. The number of benzene rings is 1. The number of ether oxygens (including phenoxy) is 1. The summed E-state index contributed by atoms with van der Waals surface area (Å²) in [7, 11) is 8.20. The predicted molar refractivity (Wildman–Crippen MR) is 101 cm³/mol. The van der Waals surface area contributed by atoms with Gasteiger partial charge in [0, 0.05) is 0 Å². The first-order valence-electron chi connectivity index (χ1n) is 8.42. The van der Waals surface area contributed by atoms with E-state index in [9.17, 15) is 0 Å². The number of aromatic nitrogens is 2. The molecule has 25 heavy (non-hydrogen) atoms. The van der Waals surface area contributed by atoms with Crippen molar-refractivity contribution < 1.29 is 22.9 Å². The van der Waals surface area contributed by atoms with E-state index in [1.807, 2.05) is 12.1 Å². The van der Waals surface area contributed by atoms with Gasteiger partial charge in [-0.2, -0.15) is 0 Å². The Labute approximate surface area is 161 Å². The molecule has 0 aliphatic heterocycles. The van der Waals surface area contributed by atoms with E-state index in [0.717, 1.165) is 15.0 Å². The second kappa shape index (κ2) is 7.55. The molecule has 2 heterocycles. The second-order valence-electron chi connectivity index (χ2n) is 6.71. The molecule has 0 bridgehead atoms. The molecule has 0 aliphatic carbocycles. The van der Waals surface area contributed by atoms with Crippen LogP contribution >= 0.6 is 9.19 Å². The fraction of sp³-hybridized carbons (Fsp3) is 0.350. The second-order valence-corrected chi connectivity index (χ2v) is 9.02. The van der Waals surface area contributed by atoms with Crippen molar-refractivity contribution in [3.05, 3.63) is 57.4 Å². The molecule has 3 rings (SSSR count). The first-order valence-corrected chi connectivity index (χ1v) is 12.2. The SMILES string of the molecule is COc1cccc2cn(-c3c(C(C)C)cccc3C(C)C)[c](=[Au][Cl])n12. The number of para-hydroxylation sites is 1. The van der Waals surface area contributed by atoms with Crippen LogP contribution in [0.2, 0.25) is 0 Å². The van der Waals surface area contributed by atoms with Crippen LogP contribution in [0.25, 0.3) is 11.2 Å². The maximum absolute atomic E-state index is 6.50. The van der Waals surface area contributed by atoms with Crippen LogP contribution in [0.4, 0.5) is 0 Å². The summed E-state index contributed by atoms with van der Waals surface area (Å²) in [5.41, 5.74) is 5.06. The number of pyridine rings is 1. The molecule has 2 aromatic heterocycles. The number of nitrogens with zero attached hydrogens (tertiary/aromatic N) is 2. The fourth-order valence-electron chi connectivity index (χ4n) is 3.22. The summed E-state index contributed by atoms with van der Waals surface area (Å²) in [6, 6.07) is 12.7. The molecule has 0 saturated carbocycles. The number of hydrogen-bond donors (Lipinski definition) is 0. The van der Waals surface area contributed by atoms with Crippen LogP contribution in [0.15, 0.2) is 42.6 Å². The van der Waals surface area contributed by atoms with Gasteiger partial charge in [-0.1, -0.05) is 0 Å². The average Bonchev–Trinajstić information content (AvgIpc) is 2.99. The molecule has 3 aromatic rings. The van der Waals surface area contributed by atoms with E-state index in [4.69, 9.17) is 13.9 Å². The third kappa shape index (κ3) is 3.26.